The Bertz CT molecular complexity index is 796. The van der Waals surface area contributed by atoms with Crippen molar-refractivity contribution in [1.82, 2.24) is 0 Å². The van der Waals surface area contributed by atoms with Crippen molar-refractivity contribution in [3.05, 3.63) is 58.6 Å². The summed E-state index contributed by atoms with van der Waals surface area (Å²) in [7, 11) is 0. The second-order valence-corrected chi connectivity index (χ2v) is 6.61. The zero-order chi connectivity index (χ0) is 18.7. The maximum Gasteiger partial charge on any atom is 0.227 e. The minimum absolute atomic E-state index is 0.163. The molecule has 4 nitrogen and oxygen atoms in total. The predicted molar refractivity (Wildman–Crippen MR) is 96.8 cm³/mol. The van der Waals surface area contributed by atoms with Crippen LogP contribution in [0.25, 0.3) is 0 Å². The van der Waals surface area contributed by atoms with E-state index in [1.54, 1.807) is 12.1 Å². The molecule has 0 unspecified atom stereocenters. The molecule has 0 aromatic heterocycles. The average Bonchev–Trinajstić information content (AvgIpc) is 2.64. The zero-order valence-electron chi connectivity index (χ0n) is 13.8. The van der Waals surface area contributed by atoms with E-state index in [2.05, 4.69) is 10.2 Å². The van der Waals surface area contributed by atoms with Crippen LogP contribution in [-0.2, 0) is 4.79 Å². The Morgan fingerprint density at radius 2 is 1.81 bits per heavy atom. The van der Waals surface area contributed by atoms with Crippen molar-refractivity contribution >= 4 is 35.2 Å². The van der Waals surface area contributed by atoms with Crippen molar-refractivity contribution in [2.45, 2.75) is 12.8 Å². The summed E-state index contributed by atoms with van der Waals surface area (Å²) in [4.78, 5) is 25.2. The Labute approximate surface area is 154 Å². The summed E-state index contributed by atoms with van der Waals surface area (Å²) in [5, 5.41) is 2.31. The van der Waals surface area contributed by atoms with Crippen LogP contribution in [-0.4, -0.2) is 25.3 Å². The number of piperidine rings is 1. The maximum absolute atomic E-state index is 13.8. The Hall–Kier alpha value is -2.47. The Balaban J connectivity index is 1.61. The fraction of sp³-hybridized carbons (Fsp3) is 0.263. The van der Waals surface area contributed by atoms with Crippen molar-refractivity contribution in [1.29, 1.82) is 0 Å². The lowest BCUT2D eigenvalue weighted by Gasteiger charge is -2.33. The lowest BCUT2D eigenvalue weighted by Crippen LogP contribution is -2.38. The molecule has 0 saturated carbocycles. The highest BCUT2D eigenvalue weighted by Crippen LogP contribution is 2.29. The highest BCUT2D eigenvalue weighted by atomic mass is 35.5. The number of anilines is 2. The van der Waals surface area contributed by atoms with Gasteiger partial charge in [-0.25, -0.2) is 8.78 Å². The topological polar surface area (TPSA) is 49.4 Å². The molecule has 0 atom stereocenters. The second-order valence-electron chi connectivity index (χ2n) is 6.20. The van der Waals surface area contributed by atoms with Crippen molar-refractivity contribution in [3.63, 3.8) is 0 Å². The van der Waals surface area contributed by atoms with Crippen molar-refractivity contribution in [2.75, 3.05) is 23.3 Å². The van der Waals surface area contributed by atoms with Gasteiger partial charge in [-0.2, -0.15) is 0 Å². The standard InChI is InChI=1S/C19H17ClF2N2O2/c20-16-9-14(21)10-17(22)18(16)23-19(26)13-5-7-24(8-6-13)15-3-1-12(11-25)2-4-15/h1-4,9-11,13H,5-8H2,(H,23,26). The summed E-state index contributed by atoms with van der Waals surface area (Å²) < 4.78 is 26.9. The number of rotatable bonds is 4. The highest BCUT2D eigenvalue weighted by Gasteiger charge is 2.26. The van der Waals surface area contributed by atoms with Crippen molar-refractivity contribution in [3.8, 4) is 0 Å². The fourth-order valence-electron chi connectivity index (χ4n) is 3.05. The van der Waals surface area contributed by atoms with Crippen LogP contribution < -0.4 is 10.2 Å². The molecule has 7 heteroatoms. The van der Waals surface area contributed by atoms with Gasteiger partial charge in [0.25, 0.3) is 0 Å². The average molecular weight is 379 g/mol. The number of hydrogen-bond acceptors (Lipinski definition) is 3. The van der Waals surface area contributed by atoms with Crippen molar-refractivity contribution < 1.29 is 18.4 Å². The molecule has 26 heavy (non-hydrogen) atoms. The van der Waals surface area contributed by atoms with E-state index in [9.17, 15) is 18.4 Å². The van der Waals surface area contributed by atoms with Crippen LogP contribution in [0.5, 0.6) is 0 Å². The van der Waals surface area contributed by atoms with Crippen LogP contribution in [0.1, 0.15) is 23.2 Å². The van der Waals surface area contributed by atoms with Gasteiger partial charge < -0.3 is 10.2 Å². The molecule has 1 heterocycles. The fourth-order valence-corrected chi connectivity index (χ4v) is 3.29. The van der Waals surface area contributed by atoms with Crippen LogP contribution in [0, 0.1) is 17.6 Å². The number of benzene rings is 2. The number of amides is 1. The van der Waals surface area contributed by atoms with Gasteiger partial charge in [0.15, 0.2) is 5.82 Å². The van der Waals surface area contributed by atoms with Gasteiger partial charge in [0, 0.05) is 36.3 Å². The molecule has 0 bridgehead atoms. The van der Waals surface area contributed by atoms with Crippen LogP contribution in [0.15, 0.2) is 36.4 Å². The smallest absolute Gasteiger partial charge is 0.227 e. The minimum Gasteiger partial charge on any atom is -0.371 e. The number of hydrogen-bond donors (Lipinski definition) is 1. The lowest BCUT2D eigenvalue weighted by molar-refractivity contribution is -0.120. The molecule has 1 N–H and O–H groups in total. The Morgan fingerprint density at radius 1 is 1.15 bits per heavy atom. The summed E-state index contributed by atoms with van der Waals surface area (Å²) in [6.07, 6.45) is 1.99. The number of nitrogens with zero attached hydrogens (tertiary/aromatic N) is 1. The first-order chi connectivity index (χ1) is 12.5. The van der Waals surface area contributed by atoms with E-state index in [1.165, 1.54) is 0 Å². The van der Waals surface area contributed by atoms with Gasteiger partial charge in [0.05, 0.1) is 10.7 Å². The largest absolute Gasteiger partial charge is 0.371 e. The van der Waals surface area contributed by atoms with Gasteiger partial charge in [-0.3, -0.25) is 9.59 Å². The van der Waals surface area contributed by atoms with E-state index >= 15 is 0 Å². The molecule has 2 aromatic rings. The molecule has 3 rings (SSSR count). The molecule has 1 amide bonds. The SMILES string of the molecule is O=Cc1ccc(N2CCC(C(=O)Nc3c(F)cc(F)cc3Cl)CC2)cc1. The molecule has 1 saturated heterocycles. The number of nitrogens with one attached hydrogen (secondary N) is 1. The predicted octanol–water partition coefficient (Wildman–Crippen LogP) is 4.29. The summed E-state index contributed by atoms with van der Waals surface area (Å²) >= 11 is 5.82. The van der Waals surface area contributed by atoms with Gasteiger partial charge in [0.2, 0.25) is 5.91 Å². The van der Waals surface area contributed by atoms with Crippen LogP contribution in [0.2, 0.25) is 5.02 Å². The first-order valence-corrected chi connectivity index (χ1v) is 8.61. The highest BCUT2D eigenvalue weighted by molar-refractivity contribution is 6.33. The van der Waals surface area contributed by atoms with Crippen LogP contribution in [0.4, 0.5) is 20.2 Å². The molecule has 0 aliphatic carbocycles. The molecule has 0 radical (unpaired) electrons. The summed E-state index contributed by atoms with van der Waals surface area (Å²) in [6.45, 7) is 1.33. The summed E-state index contributed by atoms with van der Waals surface area (Å²) in [5.41, 5.74) is 1.41. The summed E-state index contributed by atoms with van der Waals surface area (Å²) in [5.74, 6) is -2.29. The van der Waals surface area contributed by atoms with E-state index in [-0.39, 0.29) is 22.5 Å². The van der Waals surface area contributed by atoms with E-state index in [1.807, 2.05) is 12.1 Å². The maximum atomic E-state index is 13.8. The quantitative estimate of drug-likeness (QED) is 0.807. The number of carbonyl (C=O) groups is 2. The number of halogens is 3. The van der Waals surface area contributed by atoms with Crippen molar-refractivity contribution in [2.24, 2.45) is 5.92 Å². The first-order valence-electron chi connectivity index (χ1n) is 8.23. The minimum atomic E-state index is -0.893. The lowest BCUT2D eigenvalue weighted by atomic mass is 9.95. The number of carbonyl (C=O) groups excluding carboxylic acids is 2. The third kappa shape index (κ3) is 4.02. The molecular formula is C19H17ClF2N2O2. The van der Waals surface area contributed by atoms with Gasteiger partial charge in [0.1, 0.15) is 12.1 Å². The van der Waals surface area contributed by atoms with E-state index in [0.29, 0.717) is 37.6 Å². The molecule has 136 valence electrons. The number of aldehydes is 1. The molecular weight excluding hydrogens is 362 g/mol. The van der Waals surface area contributed by atoms with Gasteiger partial charge in [-0.15, -0.1) is 0 Å². The Morgan fingerprint density at radius 3 is 2.38 bits per heavy atom. The van der Waals surface area contributed by atoms with E-state index in [4.69, 9.17) is 11.6 Å². The van der Waals surface area contributed by atoms with Gasteiger partial charge in [-0.05, 0) is 43.2 Å². The molecule has 2 aromatic carbocycles. The first kappa shape index (κ1) is 18.3. The monoisotopic (exact) mass is 378 g/mol. The third-order valence-corrected chi connectivity index (χ3v) is 4.81. The second kappa shape index (κ2) is 7.83. The molecule has 1 fully saturated rings. The van der Waals surface area contributed by atoms with E-state index < -0.39 is 11.6 Å². The van der Waals surface area contributed by atoms with Crippen LogP contribution >= 0.6 is 11.6 Å². The molecule has 1 aliphatic rings. The zero-order valence-corrected chi connectivity index (χ0v) is 14.6. The van der Waals surface area contributed by atoms with E-state index in [0.717, 1.165) is 18.0 Å². The Kier molecular flexibility index (Phi) is 5.52. The molecule has 0 spiro atoms. The normalized spacial score (nSPS) is 15.0. The van der Waals surface area contributed by atoms with Gasteiger partial charge in [-0.1, -0.05) is 11.6 Å². The van der Waals surface area contributed by atoms with Gasteiger partial charge >= 0.3 is 0 Å². The third-order valence-electron chi connectivity index (χ3n) is 4.52. The van der Waals surface area contributed by atoms with Crippen LogP contribution in [0.3, 0.4) is 0 Å². The summed E-state index contributed by atoms with van der Waals surface area (Å²) in [6, 6.07) is 8.90. The molecule has 1 aliphatic heterocycles.